The van der Waals surface area contributed by atoms with E-state index >= 15 is 0 Å². The Labute approximate surface area is 114 Å². The Morgan fingerprint density at radius 1 is 1.21 bits per heavy atom. The van der Waals surface area contributed by atoms with E-state index in [9.17, 15) is 14.7 Å². The molecule has 4 heteroatoms. The van der Waals surface area contributed by atoms with Gasteiger partial charge in [0.25, 0.3) is 5.91 Å². The van der Waals surface area contributed by atoms with E-state index in [0.717, 1.165) is 6.42 Å². The van der Waals surface area contributed by atoms with E-state index in [1.165, 1.54) is 0 Å². The topological polar surface area (TPSA) is 57.6 Å². The molecule has 0 radical (unpaired) electrons. The molecule has 1 aromatic rings. The summed E-state index contributed by atoms with van der Waals surface area (Å²) >= 11 is 0. The molecule has 0 aromatic heterocycles. The van der Waals surface area contributed by atoms with E-state index < -0.39 is 5.97 Å². The molecule has 1 aromatic carbocycles. The van der Waals surface area contributed by atoms with Crippen molar-refractivity contribution in [2.45, 2.75) is 40.2 Å². The first kappa shape index (κ1) is 15.2. The van der Waals surface area contributed by atoms with Crippen LogP contribution < -0.4 is 0 Å². The maximum atomic E-state index is 12.5. The highest BCUT2D eigenvalue weighted by Gasteiger charge is 2.25. The number of rotatable bonds is 4. The lowest BCUT2D eigenvalue weighted by Gasteiger charge is -2.25. The summed E-state index contributed by atoms with van der Waals surface area (Å²) in [5.74, 6) is -1.28. The number of carbonyl (C=O) groups is 2. The molecule has 19 heavy (non-hydrogen) atoms. The van der Waals surface area contributed by atoms with Gasteiger partial charge in [0, 0.05) is 13.1 Å². The summed E-state index contributed by atoms with van der Waals surface area (Å²) in [5, 5.41) is 9.33. The van der Waals surface area contributed by atoms with Gasteiger partial charge in [-0.2, -0.15) is 0 Å². The van der Waals surface area contributed by atoms with Crippen molar-refractivity contribution in [3.05, 3.63) is 34.4 Å². The number of carbonyl (C=O) groups excluding carboxylic acids is 1. The minimum absolute atomic E-state index is 0.0778. The van der Waals surface area contributed by atoms with Crippen LogP contribution in [-0.4, -0.2) is 35.0 Å². The van der Waals surface area contributed by atoms with Crippen molar-refractivity contribution in [3.63, 3.8) is 0 Å². The van der Waals surface area contributed by atoms with Crippen LogP contribution in [0.25, 0.3) is 0 Å². The molecule has 1 atom stereocenters. The molecule has 0 saturated carbocycles. The molecular weight excluding hydrogens is 242 g/mol. The number of nitrogens with zero attached hydrogens (tertiary/aromatic N) is 1. The Morgan fingerprint density at radius 3 is 2.11 bits per heavy atom. The number of aromatic carboxylic acids is 1. The Morgan fingerprint density at radius 2 is 1.68 bits per heavy atom. The van der Waals surface area contributed by atoms with E-state index in [-0.39, 0.29) is 17.5 Å². The number of hydrogen-bond donors (Lipinski definition) is 1. The van der Waals surface area contributed by atoms with Gasteiger partial charge >= 0.3 is 5.97 Å². The van der Waals surface area contributed by atoms with Gasteiger partial charge in [0.15, 0.2) is 0 Å². The van der Waals surface area contributed by atoms with Gasteiger partial charge in [-0.3, -0.25) is 4.79 Å². The van der Waals surface area contributed by atoms with Gasteiger partial charge in [0.05, 0.1) is 11.1 Å². The van der Waals surface area contributed by atoms with E-state index in [1.54, 1.807) is 37.9 Å². The molecule has 1 unspecified atom stereocenters. The smallest absolute Gasteiger partial charge is 0.336 e. The fourth-order valence-corrected chi connectivity index (χ4v) is 2.01. The molecule has 0 heterocycles. The maximum Gasteiger partial charge on any atom is 0.336 e. The van der Waals surface area contributed by atoms with Gasteiger partial charge in [-0.25, -0.2) is 4.79 Å². The second-order valence-corrected chi connectivity index (χ2v) is 4.93. The molecule has 104 valence electrons. The molecule has 0 saturated heterocycles. The second-order valence-electron chi connectivity index (χ2n) is 4.93. The molecule has 0 spiro atoms. The molecule has 0 fully saturated rings. The zero-order valence-corrected chi connectivity index (χ0v) is 12.2. The van der Waals surface area contributed by atoms with Crippen molar-refractivity contribution in [1.29, 1.82) is 0 Å². The van der Waals surface area contributed by atoms with E-state index in [0.29, 0.717) is 16.7 Å². The molecular formula is C15H21NO3. The van der Waals surface area contributed by atoms with Crippen LogP contribution in [0.2, 0.25) is 0 Å². The zero-order chi connectivity index (χ0) is 14.7. The first-order valence-electron chi connectivity index (χ1n) is 6.41. The van der Waals surface area contributed by atoms with Gasteiger partial charge in [-0.05, 0) is 38.3 Å². The minimum atomic E-state index is -1.05. The Balaban J connectivity index is 3.37. The lowest BCUT2D eigenvalue weighted by atomic mass is 9.96. The van der Waals surface area contributed by atoms with Crippen molar-refractivity contribution in [2.75, 3.05) is 7.05 Å². The summed E-state index contributed by atoms with van der Waals surface area (Å²) in [7, 11) is 1.71. The van der Waals surface area contributed by atoms with Gasteiger partial charge < -0.3 is 10.0 Å². The van der Waals surface area contributed by atoms with Gasteiger partial charge in [-0.1, -0.05) is 19.1 Å². The van der Waals surface area contributed by atoms with Crippen molar-refractivity contribution in [2.24, 2.45) is 0 Å². The molecule has 1 rings (SSSR count). The van der Waals surface area contributed by atoms with Crippen molar-refractivity contribution >= 4 is 11.9 Å². The predicted molar refractivity (Wildman–Crippen MR) is 74.7 cm³/mol. The Kier molecular flexibility index (Phi) is 4.70. The third-order valence-electron chi connectivity index (χ3n) is 3.62. The van der Waals surface area contributed by atoms with Crippen LogP contribution in [0.5, 0.6) is 0 Å². The van der Waals surface area contributed by atoms with Crippen LogP contribution in [0, 0.1) is 13.8 Å². The van der Waals surface area contributed by atoms with E-state index in [1.807, 2.05) is 13.8 Å². The molecule has 0 aliphatic carbocycles. The third-order valence-corrected chi connectivity index (χ3v) is 3.62. The normalized spacial score (nSPS) is 12.1. The largest absolute Gasteiger partial charge is 0.478 e. The minimum Gasteiger partial charge on any atom is -0.478 e. The summed E-state index contributed by atoms with van der Waals surface area (Å²) in [5.41, 5.74) is 1.72. The zero-order valence-electron chi connectivity index (χ0n) is 12.2. The van der Waals surface area contributed by atoms with Gasteiger partial charge in [0.2, 0.25) is 0 Å². The highest BCUT2D eigenvalue weighted by molar-refractivity contribution is 6.06. The highest BCUT2D eigenvalue weighted by Crippen LogP contribution is 2.21. The maximum absolute atomic E-state index is 12.5. The lowest BCUT2D eigenvalue weighted by molar-refractivity contribution is 0.0669. The molecule has 0 aliphatic heterocycles. The van der Waals surface area contributed by atoms with Crippen LogP contribution >= 0.6 is 0 Å². The van der Waals surface area contributed by atoms with Crippen LogP contribution in [0.15, 0.2) is 12.1 Å². The summed E-state index contributed by atoms with van der Waals surface area (Å²) in [6.45, 7) is 7.42. The standard InChI is InChI=1S/C15H21NO3/c1-6-11(4)16(5)14(17)12-9(2)7-8-10(3)13(12)15(18)19/h7-8,11H,6H2,1-5H3,(H,18,19). The van der Waals surface area contributed by atoms with Crippen LogP contribution in [0.1, 0.15) is 52.1 Å². The second kappa shape index (κ2) is 5.87. The number of carboxylic acid groups (broad SMARTS) is 1. The van der Waals surface area contributed by atoms with E-state index in [4.69, 9.17) is 0 Å². The van der Waals surface area contributed by atoms with Crippen LogP contribution in [0.4, 0.5) is 0 Å². The molecule has 1 N–H and O–H groups in total. The SMILES string of the molecule is CCC(C)N(C)C(=O)c1c(C)ccc(C)c1C(=O)O. The summed E-state index contributed by atoms with van der Waals surface area (Å²) in [4.78, 5) is 25.5. The summed E-state index contributed by atoms with van der Waals surface area (Å²) in [6.07, 6.45) is 0.829. The van der Waals surface area contributed by atoms with Crippen molar-refractivity contribution < 1.29 is 14.7 Å². The number of amides is 1. The fourth-order valence-electron chi connectivity index (χ4n) is 2.01. The average Bonchev–Trinajstić information content (AvgIpc) is 2.37. The Hall–Kier alpha value is -1.84. The van der Waals surface area contributed by atoms with Gasteiger partial charge in [0.1, 0.15) is 0 Å². The highest BCUT2D eigenvalue weighted by atomic mass is 16.4. The number of aryl methyl sites for hydroxylation is 2. The predicted octanol–water partition coefficient (Wildman–Crippen LogP) is 2.87. The number of hydrogen-bond acceptors (Lipinski definition) is 2. The number of benzene rings is 1. The summed E-state index contributed by atoms with van der Waals surface area (Å²) < 4.78 is 0. The fraction of sp³-hybridized carbons (Fsp3) is 0.467. The molecule has 0 bridgehead atoms. The number of carboxylic acids is 1. The van der Waals surface area contributed by atoms with Crippen molar-refractivity contribution in [1.82, 2.24) is 4.90 Å². The van der Waals surface area contributed by atoms with Crippen LogP contribution in [0.3, 0.4) is 0 Å². The van der Waals surface area contributed by atoms with Crippen molar-refractivity contribution in [3.8, 4) is 0 Å². The quantitative estimate of drug-likeness (QED) is 0.908. The lowest BCUT2D eigenvalue weighted by Crippen LogP contribution is -2.36. The molecule has 0 aliphatic rings. The third kappa shape index (κ3) is 2.95. The molecule has 1 amide bonds. The van der Waals surface area contributed by atoms with Crippen LogP contribution in [-0.2, 0) is 0 Å². The molecule has 4 nitrogen and oxygen atoms in total. The monoisotopic (exact) mass is 263 g/mol. The Bertz CT molecular complexity index is 508. The van der Waals surface area contributed by atoms with Gasteiger partial charge in [-0.15, -0.1) is 0 Å². The first-order chi connectivity index (χ1) is 8.81. The average molecular weight is 263 g/mol. The summed E-state index contributed by atoms with van der Waals surface area (Å²) in [6, 6.07) is 3.60. The first-order valence-corrected chi connectivity index (χ1v) is 6.41. The van der Waals surface area contributed by atoms with E-state index in [2.05, 4.69) is 0 Å².